The van der Waals surface area contributed by atoms with Crippen molar-refractivity contribution < 1.29 is 22.6 Å². The van der Waals surface area contributed by atoms with Crippen LogP contribution in [-0.4, -0.2) is 82.2 Å². The number of nitrogens with zero attached hydrogens (tertiary/aromatic N) is 7. The van der Waals surface area contributed by atoms with Crippen molar-refractivity contribution in [2.75, 3.05) is 36.7 Å². The van der Waals surface area contributed by atoms with Crippen molar-refractivity contribution in [2.24, 2.45) is 0 Å². The van der Waals surface area contributed by atoms with Crippen LogP contribution in [0.25, 0.3) is 16.9 Å². The molecule has 0 aliphatic carbocycles. The molecule has 0 radical (unpaired) electrons. The van der Waals surface area contributed by atoms with Crippen LogP contribution in [0.1, 0.15) is 31.4 Å². The monoisotopic (exact) mass is 502 g/mol. The molecule has 3 aliphatic rings. The van der Waals surface area contributed by atoms with Gasteiger partial charge < -0.3 is 19.3 Å². The molecule has 6 heterocycles. The van der Waals surface area contributed by atoms with Crippen LogP contribution in [0.3, 0.4) is 0 Å². The molecule has 3 fully saturated rings. The number of alkyl halides is 3. The highest BCUT2D eigenvalue weighted by atomic mass is 19.4. The first kappa shape index (κ1) is 23.1. The number of piperidine rings is 1. The number of H-pyrrole nitrogens is 1. The third-order valence-electron chi connectivity index (χ3n) is 7.50. The lowest BCUT2D eigenvalue weighted by molar-refractivity contribution is -0.160. The molecule has 6 rings (SSSR count). The van der Waals surface area contributed by atoms with E-state index < -0.39 is 18.3 Å². The summed E-state index contributed by atoms with van der Waals surface area (Å²) in [6.45, 7) is 1.20. The van der Waals surface area contributed by atoms with E-state index in [-0.39, 0.29) is 30.7 Å². The average molecular weight is 503 g/mol. The molecule has 10 nitrogen and oxygen atoms in total. The van der Waals surface area contributed by atoms with E-state index in [0.717, 1.165) is 12.8 Å². The fourth-order valence-corrected chi connectivity index (χ4v) is 5.80. The van der Waals surface area contributed by atoms with E-state index >= 15 is 0 Å². The minimum atomic E-state index is -4.49. The number of morpholine rings is 1. The van der Waals surface area contributed by atoms with Gasteiger partial charge in [-0.15, -0.1) is 0 Å². The molecule has 2 bridgehead atoms. The Morgan fingerprint density at radius 1 is 1.22 bits per heavy atom. The summed E-state index contributed by atoms with van der Waals surface area (Å²) in [6.07, 6.45) is -1.36. The second-order valence-corrected chi connectivity index (χ2v) is 9.47. The van der Waals surface area contributed by atoms with Crippen LogP contribution in [0.4, 0.5) is 24.7 Å². The van der Waals surface area contributed by atoms with Gasteiger partial charge in [0.25, 0.3) is 0 Å². The Morgan fingerprint density at radius 3 is 2.64 bits per heavy atom. The van der Waals surface area contributed by atoms with Crippen LogP contribution in [0.5, 0.6) is 0 Å². The van der Waals surface area contributed by atoms with Crippen molar-refractivity contribution in [3.8, 4) is 11.9 Å². The normalized spacial score (nSPS) is 26.5. The maximum atomic E-state index is 14.3. The van der Waals surface area contributed by atoms with Gasteiger partial charge in [0.05, 0.1) is 48.7 Å². The number of nitrogens with one attached hydrogen (secondary N) is 1. The molecule has 4 atom stereocenters. The van der Waals surface area contributed by atoms with Crippen LogP contribution in [0.15, 0.2) is 18.3 Å². The third kappa shape index (κ3) is 3.67. The Hall–Kier alpha value is -3.37. The number of halogens is 3. The van der Waals surface area contributed by atoms with Crippen molar-refractivity contribution in [3.05, 3.63) is 24.0 Å². The van der Waals surface area contributed by atoms with Crippen LogP contribution >= 0.6 is 0 Å². The Morgan fingerprint density at radius 2 is 2.00 bits per heavy atom. The zero-order chi connectivity index (χ0) is 25.0. The third-order valence-corrected chi connectivity index (χ3v) is 7.50. The summed E-state index contributed by atoms with van der Waals surface area (Å²) in [4.78, 5) is 8.39. The highest BCUT2D eigenvalue weighted by molar-refractivity contribution is 5.96. The number of anilines is 2. The number of ether oxygens (including phenoxy) is 2. The van der Waals surface area contributed by atoms with E-state index in [1.54, 1.807) is 12.1 Å². The standard InChI is InChI=1S/C23H25F3N8O2/c1-35-15-5-7-32(18(8-15)23(24,25)26)17-9-20(33-13-2-3-14(33)12-36-11-13)29-22-21(17)16(10-27)31-34(22)19-4-6-28-30-19/h4,6,9,13-15,18H,2-3,5,7-8,11-12H2,1H3,(H,28,30)/t13?,14?,15-,18-/m0/s1. The average Bonchev–Trinajstić information content (AvgIpc) is 3.59. The molecule has 3 aromatic rings. The molecule has 36 heavy (non-hydrogen) atoms. The van der Waals surface area contributed by atoms with Gasteiger partial charge in [0, 0.05) is 32.2 Å². The lowest BCUT2D eigenvalue weighted by Crippen LogP contribution is -2.53. The van der Waals surface area contributed by atoms with Gasteiger partial charge in [-0.05, 0) is 19.3 Å². The molecular weight excluding hydrogens is 477 g/mol. The summed E-state index contributed by atoms with van der Waals surface area (Å²) in [7, 11) is 1.44. The van der Waals surface area contributed by atoms with Crippen LogP contribution in [0, 0.1) is 11.3 Å². The van der Waals surface area contributed by atoms with E-state index in [0.29, 0.717) is 48.0 Å². The Balaban J connectivity index is 1.58. The van der Waals surface area contributed by atoms with Crippen molar-refractivity contribution >= 4 is 22.5 Å². The summed E-state index contributed by atoms with van der Waals surface area (Å²) < 4.78 is 55.5. The number of hydrogen-bond acceptors (Lipinski definition) is 8. The van der Waals surface area contributed by atoms with E-state index in [1.807, 2.05) is 0 Å². The first-order valence-electron chi connectivity index (χ1n) is 11.9. The van der Waals surface area contributed by atoms with Gasteiger partial charge in [-0.25, -0.2) is 4.98 Å². The number of methoxy groups -OCH3 is 1. The predicted molar refractivity (Wildman–Crippen MR) is 123 cm³/mol. The number of hydrogen-bond donors (Lipinski definition) is 1. The van der Waals surface area contributed by atoms with Gasteiger partial charge >= 0.3 is 6.18 Å². The summed E-state index contributed by atoms with van der Waals surface area (Å²) >= 11 is 0. The quantitative estimate of drug-likeness (QED) is 0.580. The molecule has 0 spiro atoms. The number of pyridine rings is 1. The Kier molecular flexibility index (Phi) is 5.53. The first-order chi connectivity index (χ1) is 17.4. The van der Waals surface area contributed by atoms with Gasteiger partial charge in [0.2, 0.25) is 0 Å². The van der Waals surface area contributed by atoms with Crippen LogP contribution < -0.4 is 9.80 Å². The van der Waals surface area contributed by atoms with E-state index in [9.17, 15) is 18.4 Å². The Labute approximate surface area is 204 Å². The second kappa shape index (κ2) is 8.63. The largest absolute Gasteiger partial charge is 0.408 e. The van der Waals surface area contributed by atoms with Gasteiger partial charge in [-0.1, -0.05) is 0 Å². The fraction of sp³-hybridized carbons (Fsp3) is 0.565. The molecular formula is C23H25F3N8O2. The van der Waals surface area contributed by atoms with E-state index in [2.05, 4.69) is 26.3 Å². The molecule has 2 unspecified atom stereocenters. The van der Waals surface area contributed by atoms with Gasteiger partial charge in [-0.2, -0.15) is 33.3 Å². The number of rotatable bonds is 4. The SMILES string of the molecule is CO[C@H]1CCN(c2cc(N3C4CCC3COC4)nc3c2c(C#N)nn3-c2ccn[nH]2)[C@H](C(F)(F)F)C1. The summed E-state index contributed by atoms with van der Waals surface area (Å²) in [5.41, 5.74) is 0.623. The molecule has 0 saturated carbocycles. The molecule has 13 heteroatoms. The number of nitriles is 1. The van der Waals surface area contributed by atoms with Gasteiger partial charge in [0.15, 0.2) is 17.2 Å². The first-order valence-corrected chi connectivity index (χ1v) is 11.9. The number of aromatic nitrogens is 5. The smallest absolute Gasteiger partial charge is 0.381 e. The molecule has 0 amide bonds. The second-order valence-electron chi connectivity index (χ2n) is 9.47. The van der Waals surface area contributed by atoms with Crippen molar-refractivity contribution in [1.29, 1.82) is 5.26 Å². The predicted octanol–water partition coefficient (Wildman–Crippen LogP) is 2.93. The lowest BCUT2D eigenvalue weighted by Gasteiger charge is -2.42. The zero-order valence-corrected chi connectivity index (χ0v) is 19.6. The summed E-state index contributed by atoms with van der Waals surface area (Å²) in [5, 5.41) is 21.4. The number of fused-ring (bicyclic) bond motifs is 3. The minimum absolute atomic E-state index is 0.00777. The van der Waals surface area contributed by atoms with E-state index in [4.69, 9.17) is 14.5 Å². The molecule has 3 aliphatic heterocycles. The number of aromatic amines is 1. The fourth-order valence-electron chi connectivity index (χ4n) is 5.80. The lowest BCUT2D eigenvalue weighted by atomic mass is 9.97. The van der Waals surface area contributed by atoms with Crippen molar-refractivity contribution in [2.45, 2.75) is 56.1 Å². The van der Waals surface area contributed by atoms with Crippen LogP contribution in [-0.2, 0) is 9.47 Å². The highest BCUT2D eigenvalue weighted by Crippen LogP contribution is 2.43. The zero-order valence-electron chi connectivity index (χ0n) is 19.6. The minimum Gasteiger partial charge on any atom is -0.381 e. The molecule has 3 aromatic heterocycles. The maximum Gasteiger partial charge on any atom is 0.408 e. The Bertz CT molecular complexity index is 1290. The maximum absolute atomic E-state index is 14.3. The van der Waals surface area contributed by atoms with Crippen LogP contribution in [0.2, 0.25) is 0 Å². The highest BCUT2D eigenvalue weighted by Gasteiger charge is 2.48. The molecule has 3 saturated heterocycles. The van der Waals surface area contributed by atoms with Crippen molar-refractivity contribution in [3.63, 3.8) is 0 Å². The summed E-state index contributed by atoms with van der Waals surface area (Å²) in [5.74, 6) is 1.03. The van der Waals surface area contributed by atoms with Gasteiger partial charge in [0.1, 0.15) is 17.9 Å². The molecule has 0 aromatic carbocycles. The topological polar surface area (TPSA) is 108 Å². The van der Waals surface area contributed by atoms with E-state index in [1.165, 1.54) is 22.9 Å². The van der Waals surface area contributed by atoms with Gasteiger partial charge in [-0.3, -0.25) is 5.10 Å². The summed E-state index contributed by atoms with van der Waals surface area (Å²) in [6, 6.07) is 3.86. The molecule has 190 valence electrons. The van der Waals surface area contributed by atoms with Crippen molar-refractivity contribution in [1.82, 2.24) is 25.0 Å². The molecule has 1 N–H and O–H groups in total.